The molecule has 0 aliphatic carbocycles. The summed E-state index contributed by atoms with van der Waals surface area (Å²) in [4.78, 5) is 16.9. The Morgan fingerprint density at radius 1 is 1.00 bits per heavy atom. The number of ether oxygens (including phenoxy) is 1. The Balaban J connectivity index is 1.86. The van der Waals surface area contributed by atoms with E-state index in [1.165, 1.54) is 23.1 Å². The zero-order valence-electron chi connectivity index (χ0n) is 18.2. The summed E-state index contributed by atoms with van der Waals surface area (Å²) in [6.45, 7) is 3.68. The maximum atomic E-state index is 13.8. The number of halogens is 4. The van der Waals surface area contributed by atoms with Crippen molar-refractivity contribution in [3.8, 4) is 11.8 Å². The van der Waals surface area contributed by atoms with Crippen LogP contribution in [0.4, 0.5) is 29.3 Å². The molecule has 174 valence electrons. The van der Waals surface area contributed by atoms with Crippen molar-refractivity contribution in [1.82, 2.24) is 0 Å². The number of benzene rings is 3. The summed E-state index contributed by atoms with van der Waals surface area (Å²) < 4.78 is 42.7. The van der Waals surface area contributed by atoms with Crippen molar-refractivity contribution in [2.45, 2.75) is 31.8 Å². The van der Waals surface area contributed by atoms with Crippen LogP contribution < -0.4 is 14.5 Å². The molecule has 1 saturated heterocycles. The van der Waals surface area contributed by atoms with E-state index in [1.54, 1.807) is 59.5 Å². The number of hydrogen-bond acceptors (Lipinski definition) is 3. The van der Waals surface area contributed by atoms with Gasteiger partial charge in [-0.1, -0.05) is 23.7 Å². The number of hydrogen-bond donors (Lipinski definition) is 0. The second kappa shape index (κ2) is 8.58. The van der Waals surface area contributed by atoms with Gasteiger partial charge in [0.1, 0.15) is 5.75 Å². The molecule has 0 unspecified atom stereocenters. The number of amides is 2. The van der Waals surface area contributed by atoms with Crippen molar-refractivity contribution >= 4 is 29.0 Å². The Morgan fingerprint density at radius 3 is 2.21 bits per heavy atom. The highest BCUT2D eigenvalue weighted by atomic mass is 35.5. The van der Waals surface area contributed by atoms with Crippen molar-refractivity contribution in [2.75, 3.05) is 9.80 Å². The van der Waals surface area contributed by atoms with Gasteiger partial charge in [-0.25, -0.2) is 4.79 Å². The molecular weight excluding hydrogens is 467 g/mol. The molecule has 0 spiro atoms. The van der Waals surface area contributed by atoms with Crippen LogP contribution in [0.25, 0.3) is 0 Å². The molecule has 1 aliphatic rings. The largest absolute Gasteiger partial charge is 0.573 e. The van der Waals surface area contributed by atoms with E-state index in [0.29, 0.717) is 27.5 Å². The molecule has 1 fully saturated rings. The Hall–Kier alpha value is -3.70. The molecule has 5 nitrogen and oxygen atoms in total. The molecule has 0 saturated carbocycles. The zero-order chi connectivity index (χ0) is 24.7. The third-order valence-electron chi connectivity index (χ3n) is 5.67. The van der Waals surface area contributed by atoms with E-state index >= 15 is 0 Å². The first-order valence-corrected chi connectivity index (χ1v) is 10.6. The van der Waals surface area contributed by atoms with Crippen molar-refractivity contribution in [2.24, 2.45) is 0 Å². The molecule has 3 aromatic rings. The summed E-state index contributed by atoms with van der Waals surface area (Å²) in [5.41, 5.74) is 1.07. The molecule has 1 atom stereocenters. The van der Waals surface area contributed by atoms with Gasteiger partial charge < -0.3 is 4.74 Å². The van der Waals surface area contributed by atoms with E-state index in [0.717, 1.165) is 0 Å². The molecule has 4 rings (SSSR count). The normalized spacial score (nSPS) is 17.6. The molecule has 0 N–H and O–H groups in total. The van der Waals surface area contributed by atoms with Gasteiger partial charge in [0, 0.05) is 16.4 Å². The topological polar surface area (TPSA) is 56.6 Å². The number of carbonyl (C=O) groups is 1. The molecule has 0 radical (unpaired) electrons. The molecule has 1 aliphatic heterocycles. The SMILES string of the molecule is CC1(C)[C@@H](c2cccc(OC(F)(F)F)c2)N(c2ccc(C#N)cc2)C(=O)N1c1ccc(Cl)cc1. The molecule has 0 aromatic heterocycles. The van der Waals surface area contributed by atoms with Gasteiger partial charge >= 0.3 is 12.4 Å². The van der Waals surface area contributed by atoms with Crippen LogP contribution in [-0.4, -0.2) is 17.9 Å². The lowest BCUT2D eigenvalue weighted by Gasteiger charge is -2.35. The Labute approximate surface area is 199 Å². The first-order chi connectivity index (χ1) is 16.0. The monoisotopic (exact) mass is 485 g/mol. The van der Waals surface area contributed by atoms with Crippen LogP contribution in [0.2, 0.25) is 5.02 Å². The predicted molar refractivity (Wildman–Crippen MR) is 123 cm³/mol. The summed E-state index contributed by atoms with van der Waals surface area (Å²) >= 11 is 6.03. The first kappa shape index (κ1) is 23.5. The third kappa shape index (κ3) is 4.39. The van der Waals surface area contributed by atoms with Crippen LogP contribution in [0.1, 0.15) is 31.0 Å². The van der Waals surface area contributed by atoms with E-state index in [1.807, 2.05) is 19.9 Å². The number of rotatable bonds is 4. The number of nitriles is 1. The molecular formula is C25H19ClF3N3O2. The maximum absolute atomic E-state index is 13.8. The number of alkyl halides is 3. The van der Waals surface area contributed by atoms with Gasteiger partial charge in [-0.15, -0.1) is 13.2 Å². The average Bonchev–Trinajstić information content (AvgIpc) is 2.98. The molecule has 2 amide bonds. The summed E-state index contributed by atoms with van der Waals surface area (Å²) in [6.07, 6.45) is -4.85. The van der Waals surface area contributed by atoms with Gasteiger partial charge in [0.05, 0.1) is 23.2 Å². The molecule has 1 heterocycles. The van der Waals surface area contributed by atoms with Crippen molar-refractivity contribution in [1.29, 1.82) is 5.26 Å². The molecule has 3 aromatic carbocycles. The number of urea groups is 1. The zero-order valence-corrected chi connectivity index (χ0v) is 18.9. The lowest BCUT2D eigenvalue weighted by molar-refractivity contribution is -0.274. The molecule has 0 bridgehead atoms. The van der Waals surface area contributed by atoms with Crippen LogP contribution in [0.5, 0.6) is 5.75 Å². The standard InChI is InChI=1S/C25H19ClF3N3O2/c1-24(2)22(17-4-3-5-21(14-17)34-25(27,28)29)31(19-10-6-16(15-30)7-11-19)23(33)32(24)20-12-8-18(26)9-13-20/h3-14,22H,1-2H3/t22-/m1/s1. The Morgan fingerprint density at radius 2 is 1.62 bits per heavy atom. The second-order valence-electron chi connectivity index (χ2n) is 8.30. The lowest BCUT2D eigenvalue weighted by atomic mass is 9.87. The second-order valence-corrected chi connectivity index (χ2v) is 8.74. The van der Waals surface area contributed by atoms with Crippen molar-refractivity contribution < 1.29 is 22.7 Å². The van der Waals surface area contributed by atoms with E-state index < -0.39 is 17.9 Å². The van der Waals surface area contributed by atoms with E-state index in [-0.39, 0.29) is 11.8 Å². The summed E-state index contributed by atoms with van der Waals surface area (Å²) in [6, 6.07) is 19.8. The van der Waals surface area contributed by atoms with Crippen LogP contribution in [-0.2, 0) is 0 Å². The van der Waals surface area contributed by atoms with Crippen molar-refractivity contribution in [3.63, 3.8) is 0 Å². The van der Waals surface area contributed by atoms with Gasteiger partial charge in [0.15, 0.2) is 0 Å². The summed E-state index contributed by atoms with van der Waals surface area (Å²) in [5, 5.41) is 9.65. The van der Waals surface area contributed by atoms with Crippen molar-refractivity contribution in [3.05, 3.63) is 88.9 Å². The smallest absolute Gasteiger partial charge is 0.406 e. The van der Waals surface area contributed by atoms with Crippen LogP contribution >= 0.6 is 11.6 Å². The van der Waals surface area contributed by atoms with E-state index in [9.17, 15) is 18.0 Å². The Bertz CT molecular complexity index is 1250. The highest BCUT2D eigenvalue weighted by molar-refractivity contribution is 6.30. The van der Waals surface area contributed by atoms with Crippen LogP contribution in [0.3, 0.4) is 0 Å². The fourth-order valence-corrected chi connectivity index (χ4v) is 4.46. The van der Waals surface area contributed by atoms with Gasteiger partial charge in [0.25, 0.3) is 0 Å². The van der Waals surface area contributed by atoms with E-state index in [4.69, 9.17) is 16.9 Å². The van der Waals surface area contributed by atoms with Gasteiger partial charge in [-0.3, -0.25) is 9.80 Å². The minimum atomic E-state index is -4.85. The highest BCUT2D eigenvalue weighted by Crippen LogP contribution is 2.48. The lowest BCUT2D eigenvalue weighted by Crippen LogP contribution is -2.43. The van der Waals surface area contributed by atoms with Gasteiger partial charge in [-0.05, 0) is 80.1 Å². The molecule has 34 heavy (non-hydrogen) atoms. The number of nitrogens with zero attached hydrogens (tertiary/aromatic N) is 3. The van der Waals surface area contributed by atoms with Crippen LogP contribution in [0.15, 0.2) is 72.8 Å². The molecule has 9 heteroatoms. The minimum absolute atomic E-state index is 0.371. The summed E-state index contributed by atoms with van der Waals surface area (Å²) in [5.74, 6) is -0.377. The maximum Gasteiger partial charge on any atom is 0.573 e. The van der Waals surface area contributed by atoms with Gasteiger partial charge in [0.2, 0.25) is 0 Å². The van der Waals surface area contributed by atoms with Crippen LogP contribution in [0, 0.1) is 11.3 Å². The average molecular weight is 486 g/mol. The Kier molecular flexibility index (Phi) is 5.92. The summed E-state index contributed by atoms with van der Waals surface area (Å²) in [7, 11) is 0. The number of carbonyl (C=O) groups excluding carboxylic acids is 1. The third-order valence-corrected chi connectivity index (χ3v) is 5.92. The van der Waals surface area contributed by atoms with E-state index in [2.05, 4.69) is 4.74 Å². The highest BCUT2D eigenvalue weighted by Gasteiger charge is 2.53. The van der Waals surface area contributed by atoms with Gasteiger partial charge in [-0.2, -0.15) is 5.26 Å². The quantitative estimate of drug-likeness (QED) is 0.397. The predicted octanol–water partition coefficient (Wildman–Crippen LogP) is 7.08. The first-order valence-electron chi connectivity index (χ1n) is 10.3. The minimum Gasteiger partial charge on any atom is -0.406 e. The fraction of sp³-hybridized carbons (Fsp3) is 0.200. The fourth-order valence-electron chi connectivity index (χ4n) is 4.33. The number of anilines is 2.